The fraction of sp³-hybridized carbons (Fsp3) is 0. The van der Waals surface area contributed by atoms with Crippen LogP contribution in [0.1, 0.15) is 5.56 Å². The number of thiophene rings is 1. The first-order valence-corrected chi connectivity index (χ1v) is 9.68. The molecule has 138 valence electrons. The SMILES string of the molecule is O=C(/C=C/c1ccccc1Cl)Nn1c(-c2cccs2)nc2ccccc2c1=O. The zero-order valence-corrected chi connectivity index (χ0v) is 16.1. The largest absolute Gasteiger partial charge is 0.280 e. The van der Waals surface area contributed by atoms with Gasteiger partial charge in [0.2, 0.25) is 0 Å². The normalized spacial score (nSPS) is 11.2. The van der Waals surface area contributed by atoms with Crippen LogP contribution < -0.4 is 11.0 Å². The van der Waals surface area contributed by atoms with Crippen molar-refractivity contribution in [1.82, 2.24) is 9.66 Å². The molecule has 1 amide bonds. The van der Waals surface area contributed by atoms with Gasteiger partial charge in [-0.05, 0) is 41.3 Å². The highest BCUT2D eigenvalue weighted by atomic mass is 35.5. The average molecular weight is 408 g/mol. The molecule has 0 saturated carbocycles. The molecule has 1 N–H and O–H groups in total. The van der Waals surface area contributed by atoms with Gasteiger partial charge in [0.1, 0.15) is 0 Å². The number of nitrogens with zero attached hydrogens (tertiary/aromatic N) is 2. The minimum Gasteiger partial charge on any atom is -0.268 e. The number of carbonyl (C=O) groups excluding carboxylic acids is 1. The molecule has 0 fully saturated rings. The van der Waals surface area contributed by atoms with E-state index in [0.717, 1.165) is 4.88 Å². The third-order valence-corrected chi connectivity index (χ3v) is 5.27. The number of halogens is 1. The van der Waals surface area contributed by atoms with Crippen molar-refractivity contribution >= 4 is 45.8 Å². The molecule has 0 unspecified atom stereocenters. The second-order valence-corrected chi connectivity index (χ2v) is 7.26. The van der Waals surface area contributed by atoms with Crippen molar-refractivity contribution in [2.75, 3.05) is 5.43 Å². The Labute approximate surface area is 169 Å². The lowest BCUT2D eigenvalue weighted by atomic mass is 10.2. The van der Waals surface area contributed by atoms with Crippen LogP contribution in [0.3, 0.4) is 0 Å². The van der Waals surface area contributed by atoms with Crippen LogP contribution in [-0.2, 0) is 4.79 Å². The Morgan fingerprint density at radius 2 is 1.86 bits per heavy atom. The molecule has 5 nitrogen and oxygen atoms in total. The van der Waals surface area contributed by atoms with Crippen LogP contribution in [0.15, 0.2) is 76.9 Å². The Hall–Kier alpha value is -3.22. The lowest BCUT2D eigenvalue weighted by molar-refractivity contribution is -0.112. The van der Waals surface area contributed by atoms with E-state index >= 15 is 0 Å². The zero-order valence-electron chi connectivity index (χ0n) is 14.5. The lowest BCUT2D eigenvalue weighted by Gasteiger charge is -2.12. The molecular weight excluding hydrogens is 394 g/mol. The van der Waals surface area contributed by atoms with Crippen LogP contribution in [0.25, 0.3) is 27.7 Å². The maximum absolute atomic E-state index is 13.0. The van der Waals surface area contributed by atoms with E-state index in [1.807, 2.05) is 35.7 Å². The van der Waals surface area contributed by atoms with Gasteiger partial charge in [0, 0.05) is 11.1 Å². The van der Waals surface area contributed by atoms with Crippen molar-refractivity contribution in [2.45, 2.75) is 0 Å². The molecule has 0 aliphatic rings. The van der Waals surface area contributed by atoms with E-state index in [2.05, 4.69) is 10.4 Å². The molecule has 2 aromatic carbocycles. The zero-order chi connectivity index (χ0) is 19.5. The van der Waals surface area contributed by atoms with Crippen molar-refractivity contribution in [3.8, 4) is 10.7 Å². The molecule has 2 aromatic heterocycles. The summed E-state index contributed by atoms with van der Waals surface area (Å²) in [5, 5.41) is 2.86. The summed E-state index contributed by atoms with van der Waals surface area (Å²) < 4.78 is 1.19. The first-order valence-electron chi connectivity index (χ1n) is 8.43. The molecular formula is C21H14ClN3O2S. The van der Waals surface area contributed by atoms with Crippen molar-refractivity contribution in [1.29, 1.82) is 0 Å². The monoisotopic (exact) mass is 407 g/mol. The third kappa shape index (κ3) is 3.60. The Balaban J connectivity index is 1.74. The topological polar surface area (TPSA) is 64.0 Å². The van der Waals surface area contributed by atoms with Gasteiger partial charge in [0.25, 0.3) is 11.5 Å². The summed E-state index contributed by atoms with van der Waals surface area (Å²) in [6.07, 6.45) is 2.93. The fourth-order valence-electron chi connectivity index (χ4n) is 2.73. The van der Waals surface area contributed by atoms with Gasteiger partial charge in [-0.3, -0.25) is 15.0 Å². The number of carbonyl (C=O) groups is 1. The number of benzene rings is 2. The summed E-state index contributed by atoms with van der Waals surface area (Å²) in [6.45, 7) is 0. The number of fused-ring (bicyclic) bond motifs is 1. The van der Waals surface area contributed by atoms with Gasteiger partial charge in [-0.15, -0.1) is 11.3 Å². The molecule has 2 heterocycles. The molecule has 0 aliphatic heterocycles. The molecule has 4 rings (SSSR count). The Bertz CT molecular complexity index is 1250. The molecule has 7 heteroatoms. The van der Waals surface area contributed by atoms with Crippen LogP contribution in [0, 0.1) is 0 Å². The molecule has 28 heavy (non-hydrogen) atoms. The molecule has 0 saturated heterocycles. The van der Waals surface area contributed by atoms with Crippen LogP contribution in [0.5, 0.6) is 0 Å². The number of nitrogens with one attached hydrogen (secondary N) is 1. The number of hydrogen-bond acceptors (Lipinski definition) is 4. The van der Waals surface area contributed by atoms with Crippen LogP contribution in [0.4, 0.5) is 0 Å². The number of hydrogen-bond donors (Lipinski definition) is 1. The summed E-state index contributed by atoms with van der Waals surface area (Å²) >= 11 is 7.54. The van der Waals surface area contributed by atoms with Crippen LogP contribution >= 0.6 is 22.9 Å². The van der Waals surface area contributed by atoms with E-state index in [9.17, 15) is 9.59 Å². The standard InChI is InChI=1S/C21H14ClN3O2S/c22-16-8-3-1-6-14(16)11-12-19(26)24-25-20(18-10-5-13-28-18)23-17-9-4-2-7-15(17)21(25)27/h1-13H,(H,24,26)/b12-11+. The number of aromatic nitrogens is 2. The van der Waals surface area contributed by atoms with Crippen LogP contribution in [0.2, 0.25) is 5.02 Å². The Morgan fingerprint density at radius 1 is 1.07 bits per heavy atom. The summed E-state index contributed by atoms with van der Waals surface area (Å²) in [7, 11) is 0. The number of amides is 1. The first-order chi connectivity index (χ1) is 13.6. The highest BCUT2D eigenvalue weighted by molar-refractivity contribution is 7.13. The molecule has 0 spiro atoms. The van der Waals surface area contributed by atoms with E-state index in [1.165, 1.54) is 22.1 Å². The lowest BCUT2D eigenvalue weighted by Crippen LogP contribution is -2.34. The molecule has 0 atom stereocenters. The highest BCUT2D eigenvalue weighted by Gasteiger charge is 2.14. The Morgan fingerprint density at radius 3 is 2.64 bits per heavy atom. The van der Waals surface area contributed by atoms with E-state index in [-0.39, 0.29) is 5.56 Å². The van der Waals surface area contributed by atoms with E-state index < -0.39 is 5.91 Å². The highest BCUT2D eigenvalue weighted by Crippen LogP contribution is 2.23. The summed E-state index contributed by atoms with van der Waals surface area (Å²) in [6, 6.07) is 17.9. The van der Waals surface area contributed by atoms with Crippen molar-refractivity contribution in [3.05, 3.63) is 93.1 Å². The molecule has 0 aliphatic carbocycles. The quantitative estimate of drug-likeness (QED) is 0.504. The predicted molar refractivity (Wildman–Crippen MR) is 114 cm³/mol. The van der Waals surface area contributed by atoms with E-state index in [1.54, 1.807) is 36.4 Å². The summed E-state index contributed by atoms with van der Waals surface area (Å²) in [4.78, 5) is 30.8. The van der Waals surface area contributed by atoms with Gasteiger partial charge in [-0.1, -0.05) is 48.0 Å². The second-order valence-electron chi connectivity index (χ2n) is 5.90. The van der Waals surface area contributed by atoms with Crippen molar-refractivity contribution < 1.29 is 4.79 Å². The smallest absolute Gasteiger partial charge is 0.268 e. The molecule has 0 bridgehead atoms. The fourth-order valence-corrected chi connectivity index (χ4v) is 3.63. The minimum absolute atomic E-state index is 0.339. The summed E-state index contributed by atoms with van der Waals surface area (Å²) in [5.74, 6) is -0.0740. The van der Waals surface area contributed by atoms with Gasteiger partial charge in [0.05, 0.1) is 15.8 Å². The van der Waals surface area contributed by atoms with Gasteiger partial charge in [-0.25, -0.2) is 4.98 Å². The van der Waals surface area contributed by atoms with E-state index in [4.69, 9.17) is 11.6 Å². The van der Waals surface area contributed by atoms with E-state index in [0.29, 0.717) is 27.3 Å². The van der Waals surface area contributed by atoms with Gasteiger partial charge in [0.15, 0.2) is 5.82 Å². The predicted octanol–water partition coefficient (Wildman–Crippen LogP) is 4.56. The van der Waals surface area contributed by atoms with Crippen LogP contribution in [-0.4, -0.2) is 15.6 Å². The Kier molecular flexibility index (Phi) is 5.06. The van der Waals surface area contributed by atoms with Gasteiger partial charge < -0.3 is 0 Å². The third-order valence-electron chi connectivity index (χ3n) is 4.06. The second kappa shape index (κ2) is 7.80. The van der Waals surface area contributed by atoms with Gasteiger partial charge >= 0.3 is 0 Å². The maximum atomic E-state index is 13.0. The number of rotatable bonds is 4. The van der Waals surface area contributed by atoms with Crippen molar-refractivity contribution in [2.24, 2.45) is 0 Å². The average Bonchev–Trinajstić information content (AvgIpc) is 3.24. The van der Waals surface area contributed by atoms with Gasteiger partial charge in [-0.2, -0.15) is 4.68 Å². The van der Waals surface area contributed by atoms with Crippen molar-refractivity contribution in [3.63, 3.8) is 0 Å². The number of para-hydroxylation sites is 1. The minimum atomic E-state index is -0.461. The summed E-state index contributed by atoms with van der Waals surface area (Å²) in [5.41, 5.74) is 3.58. The maximum Gasteiger partial charge on any atom is 0.280 e. The first kappa shape index (κ1) is 18.2. The molecule has 4 aromatic rings. The molecule has 0 radical (unpaired) electrons.